The predicted molar refractivity (Wildman–Crippen MR) is 103 cm³/mol. The van der Waals surface area contributed by atoms with E-state index in [4.69, 9.17) is 11.6 Å². The lowest BCUT2D eigenvalue weighted by atomic mass is 10.2. The summed E-state index contributed by atoms with van der Waals surface area (Å²) in [6.07, 6.45) is 0. The number of benzene rings is 1. The zero-order valence-corrected chi connectivity index (χ0v) is 16.7. The molecule has 0 aliphatic carbocycles. The van der Waals surface area contributed by atoms with Crippen molar-refractivity contribution in [3.63, 3.8) is 0 Å². The molecule has 26 heavy (non-hydrogen) atoms. The van der Waals surface area contributed by atoms with Crippen LogP contribution in [0, 0.1) is 0 Å². The molecule has 2 aromatic rings. The van der Waals surface area contributed by atoms with Crippen molar-refractivity contribution in [3.8, 4) is 0 Å². The first-order valence-corrected chi connectivity index (χ1v) is 11.0. The number of amides is 1. The molecule has 1 amide bonds. The fourth-order valence-electron chi connectivity index (χ4n) is 2.97. The van der Waals surface area contributed by atoms with Crippen molar-refractivity contribution in [3.05, 3.63) is 46.8 Å². The Kier molecular flexibility index (Phi) is 5.99. The first-order chi connectivity index (χ1) is 12.4. The van der Waals surface area contributed by atoms with Gasteiger partial charge >= 0.3 is 0 Å². The van der Waals surface area contributed by atoms with Gasteiger partial charge in [-0.25, -0.2) is 8.42 Å². The average Bonchev–Trinajstić information content (AvgIpc) is 3.09. The molecule has 1 atom stereocenters. The third kappa shape index (κ3) is 4.27. The number of nitrogens with one attached hydrogen (secondary N) is 2. The zero-order valence-electron chi connectivity index (χ0n) is 14.3. The number of carbonyl (C=O) groups is 1. The van der Waals surface area contributed by atoms with Crippen molar-refractivity contribution in [2.45, 2.75) is 17.2 Å². The summed E-state index contributed by atoms with van der Waals surface area (Å²) in [5, 5.41) is 2.90. The maximum Gasteiger partial charge on any atom is 0.282 e. The van der Waals surface area contributed by atoms with Gasteiger partial charge in [0.2, 0.25) is 0 Å². The summed E-state index contributed by atoms with van der Waals surface area (Å²) in [5.41, 5.74) is 0.763. The molecule has 1 saturated heterocycles. The molecule has 3 rings (SSSR count). The highest BCUT2D eigenvalue weighted by Gasteiger charge is 2.35. The quantitative estimate of drug-likeness (QED) is 0.775. The van der Waals surface area contributed by atoms with Crippen molar-refractivity contribution < 1.29 is 18.1 Å². The number of para-hydroxylation sites is 1. The van der Waals surface area contributed by atoms with E-state index in [9.17, 15) is 13.2 Å². The van der Waals surface area contributed by atoms with Crippen LogP contribution in [0.5, 0.6) is 0 Å². The van der Waals surface area contributed by atoms with Crippen molar-refractivity contribution in [2.24, 2.45) is 0 Å². The zero-order chi connectivity index (χ0) is 18.7. The summed E-state index contributed by atoms with van der Waals surface area (Å²) in [7, 11) is -3.51. The molecule has 1 aromatic heterocycles. The monoisotopic (exact) mass is 414 g/mol. The maximum atomic E-state index is 12.6. The van der Waals surface area contributed by atoms with Gasteiger partial charge in [-0.05, 0) is 31.2 Å². The number of carbonyl (C=O) groups excluding carboxylic acids is 1. The lowest BCUT2D eigenvalue weighted by molar-refractivity contribution is -0.917. The predicted octanol–water partition coefficient (Wildman–Crippen LogP) is 1.32. The number of quaternary nitrogens is 1. The molecular weight excluding hydrogens is 394 g/mol. The second-order valence-electron chi connectivity index (χ2n) is 6.20. The largest absolute Gasteiger partial charge is 0.323 e. The van der Waals surface area contributed by atoms with E-state index in [-0.39, 0.29) is 16.2 Å². The second-order valence-corrected chi connectivity index (χ2v) is 10.1. The van der Waals surface area contributed by atoms with Crippen LogP contribution < -0.4 is 10.2 Å². The van der Waals surface area contributed by atoms with Gasteiger partial charge in [0.15, 0.2) is 6.04 Å². The van der Waals surface area contributed by atoms with Gasteiger partial charge in [-0.2, -0.15) is 4.31 Å². The lowest BCUT2D eigenvalue weighted by Gasteiger charge is -2.33. The summed E-state index contributed by atoms with van der Waals surface area (Å²) in [6.45, 7) is 3.81. The Morgan fingerprint density at radius 1 is 1.19 bits per heavy atom. The van der Waals surface area contributed by atoms with Crippen LogP contribution in [0.4, 0.5) is 5.69 Å². The topological polar surface area (TPSA) is 70.9 Å². The van der Waals surface area contributed by atoms with Crippen LogP contribution in [0.3, 0.4) is 0 Å². The molecule has 1 aliphatic rings. The molecule has 1 aliphatic heterocycles. The van der Waals surface area contributed by atoms with E-state index in [0.717, 1.165) is 21.9 Å². The lowest BCUT2D eigenvalue weighted by Crippen LogP contribution is -3.19. The summed E-state index contributed by atoms with van der Waals surface area (Å²) >= 11 is 6.92. The Morgan fingerprint density at radius 2 is 1.85 bits per heavy atom. The summed E-state index contributed by atoms with van der Waals surface area (Å²) < 4.78 is 27.5. The number of hydrogen-bond donors (Lipinski definition) is 2. The number of anilines is 1. The molecule has 1 fully saturated rings. The number of nitrogens with zero attached hydrogens (tertiary/aromatic N) is 1. The molecule has 2 heterocycles. The van der Waals surface area contributed by atoms with Gasteiger partial charge in [-0.15, -0.1) is 11.3 Å². The number of sulfonamides is 1. The molecule has 2 N–H and O–H groups in total. The van der Waals surface area contributed by atoms with Crippen LogP contribution in [-0.4, -0.2) is 50.9 Å². The molecule has 6 nitrogen and oxygen atoms in total. The van der Waals surface area contributed by atoms with Crippen molar-refractivity contribution in [2.75, 3.05) is 31.5 Å². The summed E-state index contributed by atoms with van der Waals surface area (Å²) in [5.74, 6) is -0.0625. The fraction of sp³-hybridized carbons (Fsp3) is 0.353. The van der Waals surface area contributed by atoms with Crippen LogP contribution in [-0.2, 0) is 14.8 Å². The molecule has 0 bridgehead atoms. The van der Waals surface area contributed by atoms with Gasteiger partial charge in [0, 0.05) is 5.69 Å². The van der Waals surface area contributed by atoms with E-state index >= 15 is 0 Å². The first-order valence-electron chi connectivity index (χ1n) is 8.34. The van der Waals surface area contributed by atoms with Crippen LogP contribution in [0.2, 0.25) is 4.34 Å². The Bertz CT molecular complexity index is 862. The van der Waals surface area contributed by atoms with Crippen LogP contribution in [0.25, 0.3) is 0 Å². The standard InChI is InChI=1S/C17H20ClN3O3S2/c1-13(17(22)19-14-5-3-2-4-6-14)20-9-11-21(12-10-20)26(23,24)16-8-7-15(18)25-16/h2-8,13H,9-12H2,1H3,(H,19,22)/p+1/t13-/m1/s1. The van der Waals surface area contributed by atoms with Gasteiger partial charge in [0.25, 0.3) is 15.9 Å². The second kappa shape index (κ2) is 8.06. The van der Waals surface area contributed by atoms with E-state index < -0.39 is 10.0 Å². The molecule has 9 heteroatoms. The Labute approximate surface area is 162 Å². The number of hydrogen-bond acceptors (Lipinski definition) is 4. The normalized spacial score (nSPS) is 17.8. The minimum Gasteiger partial charge on any atom is -0.323 e. The molecule has 1 aromatic carbocycles. The van der Waals surface area contributed by atoms with E-state index in [1.165, 1.54) is 10.4 Å². The minimum atomic E-state index is -3.51. The van der Waals surface area contributed by atoms with Crippen LogP contribution in [0.1, 0.15) is 6.92 Å². The van der Waals surface area contributed by atoms with Gasteiger partial charge in [0.05, 0.1) is 30.5 Å². The van der Waals surface area contributed by atoms with Crippen molar-refractivity contribution in [1.82, 2.24) is 4.31 Å². The van der Waals surface area contributed by atoms with Crippen LogP contribution >= 0.6 is 22.9 Å². The van der Waals surface area contributed by atoms with Gasteiger partial charge in [-0.3, -0.25) is 4.79 Å². The minimum absolute atomic E-state index is 0.0625. The van der Waals surface area contributed by atoms with Gasteiger partial charge in [0.1, 0.15) is 4.21 Å². The highest BCUT2D eigenvalue weighted by atomic mass is 35.5. The van der Waals surface area contributed by atoms with E-state index in [2.05, 4.69) is 5.32 Å². The third-order valence-corrected chi connectivity index (χ3v) is 8.15. The van der Waals surface area contributed by atoms with E-state index in [1.807, 2.05) is 37.3 Å². The van der Waals surface area contributed by atoms with E-state index in [0.29, 0.717) is 30.5 Å². The summed E-state index contributed by atoms with van der Waals surface area (Å²) in [4.78, 5) is 13.5. The number of halogens is 1. The average molecular weight is 415 g/mol. The highest BCUT2D eigenvalue weighted by molar-refractivity contribution is 7.91. The fourth-order valence-corrected chi connectivity index (χ4v) is 6.05. The summed E-state index contributed by atoms with van der Waals surface area (Å²) in [6, 6.07) is 12.2. The molecule has 0 unspecified atom stereocenters. The first kappa shape index (κ1) is 19.3. The smallest absolute Gasteiger partial charge is 0.282 e. The molecule has 140 valence electrons. The van der Waals surface area contributed by atoms with E-state index in [1.54, 1.807) is 6.07 Å². The molecule has 0 spiro atoms. The molecule has 0 saturated carbocycles. The van der Waals surface area contributed by atoms with Crippen molar-refractivity contribution in [1.29, 1.82) is 0 Å². The SMILES string of the molecule is C[C@H](C(=O)Nc1ccccc1)[NH+]1CCN(S(=O)(=O)c2ccc(Cl)s2)CC1. The molecular formula is C17H21ClN3O3S2+. The number of rotatable bonds is 5. The molecule has 0 radical (unpaired) electrons. The Balaban J connectivity index is 1.58. The number of piperazine rings is 1. The third-order valence-electron chi connectivity index (χ3n) is 4.55. The Morgan fingerprint density at radius 3 is 2.42 bits per heavy atom. The maximum absolute atomic E-state index is 12.6. The highest BCUT2D eigenvalue weighted by Crippen LogP contribution is 2.28. The van der Waals surface area contributed by atoms with Crippen LogP contribution in [0.15, 0.2) is 46.7 Å². The Hall–Kier alpha value is -1.45. The van der Waals surface area contributed by atoms with Crippen molar-refractivity contribution >= 4 is 44.6 Å². The number of thiophene rings is 1. The van der Waals surface area contributed by atoms with Gasteiger partial charge in [-0.1, -0.05) is 29.8 Å². The van der Waals surface area contributed by atoms with Gasteiger partial charge < -0.3 is 10.2 Å².